The maximum atomic E-state index is 10.3. The van der Waals surface area contributed by atoms with Crippen molar-refractivity contribution in [3.63, 3.8) is 0 Å². The van der Waals surface area contributed by atoms with Crippen LogP contribution in [0.4, 0.5) is 0 Å². The molecule has 0 aliphatic heterocycles. The van der Waals surface area contributed by atoms with Gasteiger partial charge < -0.3 is 10.3 Å². The van der Waals surface area contributed by atoms with Crippen molar-refractivity contribution in [3.05, 3.63) is 45.0 Å². The molecule has 1 rings (SSSR count). The Morgan fingerprint density at radius 3 is 2.29 bits per heavy atom. The molecule has 0 radical (unpaired) electrons. The minimum Gasteiger partial charge on any atom is -0.478 e. The number of carbonyl (C=O) groups is 1. The molecule has 0 spiro atoms. The van der Waals surface area contributed by atoms with Crippen molar-refractivity contribution < 1.29 is 20.2 Å². The molecule has 2 N–H and O–H groups in total. The van der Waals surface area contributed by atoms with Crippen molar-refractivity contribution in [2.45, 2.75) is 0 Å². The van der Waals surface area contributed by atoms with Gasteiger partial charge in [0.1, 0.15) is 0 Å². The summed E-state index contributed by atoms with van der Waals surface area (Å²) < 4.78 is 0. The van der Waals surface area contributed by atoms with E-state index < -0.39 is 11.1 Å². The molecule has 0 fully saturated rings. The fraction of sp³-hybridized carbons (Fsp3) is 0. The SMILES string of the molecule is O=C(O)c1cccc(Cl)c1.O=[N+]([O-])O. The second kappa shape index (κ2) is 5.76. The van der Waals surface area contributed by atoms with Crippen molar-refractivity contribution in [2.75, 3.05) is 0 Å². The maximum absolute atomic E-state index is 10.3. The molecular formula is C7H6ClNO5. The average Bonchev–Trinajstić information content (AvgIpc) is 2.03. The normalized spacial score (nSPS) is 8.36. The summed E-state index contributed by atoms with van der Waals surface area (Å²) in [5.74, 6) is -0.956. The lowest BCUT2D eigenvalue weighted by Crippen LogP contribution is -1.94. The first-order valence-corrected chi connectivity index (χ1v) is 3.63. The first-order valence-electron chi connectivity index (χ1n) is 3.25. The molecular weight excluding hydrogens is 214 g/mol. The third-order valence-corrected chi connectivity index (χ3v) is 1.31. The van der Waals surface area contributed by atoms with Crippen LogP contribution in [-0.4, -0.2) is 21.4 Å². The predicted molar refractivity (Wildman–Crippen MR) is 47.2 cm³/mol. The smallest absolute Gasteiger partial charge is 0.335 e. The molecule has 6 nitrogen and oxygen atoms in total. The van der Waals surface area contributed by atoms with Crippen LogP contribution in [-0.2, 0) is 0 Å². The van der Waals surface area contributed by atoms with Gasteiger partial charge in [0, 0.05) is 5.02 Å². The fourth-order valence-corrected chi connectivity index (χ4v) is 0.812. The molecule has 0 saturated heterocycles. The van der Waals surface area contributed by atoms with Crippen LogP contribution in [0.25, 0.3) is 0 Å². The molecule has 0 aliphatic carbocycles. The van der Waals surface area contributed by atoms with Gasteiger partial charge in [-0.1, -0.05) is 17.7 Å². The van der Waals surface area contributed by atoms with Gasteiger partial charge in [0.15, 0.2) is 0 Å². The summed E-state index contributed by atoms with van der Waals surface area (Å²) in [6.07, 6.45) is 0. The van der Waals surface area contributed by atoms with Gasteiger partial charge in [-0.25, -0.2) is 4.79 Å². The van der Waals surface area contributed by atoms with Gasteiger partial charge in [-0.3, -0.25) is 0 Å². The van der Waals surface area contributed by atoms with Crippen LogP contribution in [0.3, 0.4) is 0 Å². The molecule has 0 unspecified atom stereocenters. The summed E-state index contributed by atoms with van der Waals surface area (Å²) >= 11 is 5.53. The third kappa shape index (κ3) is 5.78. The van der Waals surface area contributed by atoms with E-state index in [2.05, 4.69) is 0 Å². The van der Waals surface area contributed by atoms with E-state index in [4.69, 9.17) is 32.0 Å². The number of nitrogens with zero attached hydrogens (tertiary/aromatic N) is 1. The Morgan fingerprint density at radius 1 is 1.50 bits per heavy atom. The molecule has 1 aromatic carbocycles. The van der Waals surface area contributed by atoms with Crippen LogP contribution >= 0.6 is 11.6 Å². The zero-order valence-corrected chi connectivity index (χ0v) is 7.51. The molecule has 0 aliphatic rings. The number of carboxylic acid groups (broad SMARTS) is 1. The molecule has 0 amide bonds. The summed E-state index contributed by atoms with van der Waals surface area (Å²) in [4.78, 5) is 18.7. The maximum Gasteiger partial charge on any atom is 0.335 e. The minimum atomic E-state index is -1.50. The van der Waals surface area contributed by atoms with E-state index in [1.165, 1.54) is 12.1 Å². The molecule has 0 heterocycles. The van der Waals surface area contributed by atoms with Crippen molar-refractivity contribution >= 4 is 17.6 Å². The highest BCUT2D eigenvalue weighted by Crippen LogP contribution is 2.09. The van der Waals surface area contributed by atoms with E-state index >= 15 is 0 Å². The van der Waals surface area contributed by atoms with Gasteiger partial charge in [-0.05, 0) is 18.2 Å². The molecule has 1 aromatic rings. The number of hydrogen-bond acceptors (Lipinski definition) is 3. The van der Waals surface area contributed by atoms with Crippen LogP contribution in [0.5, 0.6) is 0 Å². The van der Waals surface area contributed by atoms with Crippen molar-refractivity contribution in [1.29, 1.82) is 0 Å². The van der Waals surface area contributed by atoms with Crippen LogP contribution in [0.2, 0.25) is 5.02 Å². The summed E-state index contributed by atoms with van der Waals surface area (Å²) in [6, 6.07) is 6.14. The van der Waals surface area contributed by atoms with E-state index in [0.717, 1.165) is 0 Å². The predicted octanol–water partition coefficient (Wildman–Crippen LogP) is 1.69. The zero-order valence-electron chi connectivity index (χ0n) is 6.75. The molecule has 0 atom stereocenters. The second-order valence-corrected chi connectivity index (χ2v) is 2.49. The highest BCUT2D eigenvalue weighted by Gasteiger charge is 2.00. The van der Waals surface area contributed by atoms with Crippen molar-refractivity contribution in [2.24, 2.45) is 0 Å². The van der Waals surface area contributed by atoms with E-state index in [1.807, 2.05) is 0 Å². The first-order chi connectivity index (χ1) is 6.43. The van der Waals surface area contributed by atoms with E-state index in [0.29, 0.717) is 5.02 Å². The summed E-state index contributed by atoms with van der Waals surface area (Å²) in [5, 5.41) is 22.5. The lowest BCUT2D eigenvalue weighted by molar-refractivity contribution is -0.742. The van der Waals surface area contributed by atoms with Crippen LogP contribution < -0.4 is 0 Å². The first kappa shape index (κ1) is 12.2. The van der Waals surface area contributed by atoms with Gasteiger partial charge in [0.25, 0.3) is 5.09 Å². The third-order valence-electron chi connectivity index (χ3n) is 1.07. The largest absolute Gasteiger partial charge is 0.478 e. The van der Waals surface area contributed by atoms with E-state index in [-0.39, 0.29) is 5.56 Å². The number of carboxylic acids is 1. The number of rotatable bonds is 1. The van der Waals surface area contributed by atoms with Gasteiger partial charge in [-0.15, -0.1) is 10.1 Å². The molecule has 0 bridgehead atoms. The topological polar surface area (TPSA) is 101 Å². The molecule has 0 aromatic heterocycles. The Morgan fingerprint density at radius 2 is 2.00 bits per heavy atom. The summed E-state index contributed by atoms with van der Waals surface area (Å²) in [5.41, 5.74) is 0.215. The number of benzene rings is 1. The van der Waals surface area contributed by atoms with E-state index in [1.54, 1.807) is 12.1 Å². The lowest BCUT2D eigenvalue weighted by Gasteiger charge is -1.92. The van der Waals surface area contributed by atoms with Gasteiger partial charge in [-0.2, -0.15) is 0 Å². The highest BCUT2D eigenvalue weighted by molar-refractivity contribution is 6.30. The van der Waals surface area contributed by atoms with Gasteiger partial charge >= 0.3 is 5.97 Å². The van der Waals surface area contributed by atoms with Crippen molar-refractivity contribution in [3.8, 4) is 0 Å². The zero-order chi connectivity index (χ0) is 11.1. The average molecular weight is 220 g/mol. The van der Waals surface area contributed by atoms with Crippen LogP contribution in [0.1, 0.15) is 10.4 Å². The molecule has 76 valence electrons. The van der Waals surface area contributed by atoms with Crippen LogP contribution in [0, 0.1) is 10.1 Å². The Hall–Kier alpha value is -1.82. The molecule has 0 saturated carbocycles. The minimum absolute atomic E-state index is 0.215. The fourth-order valence-electron chi connectivity index (χ4n) is 0.622. The van der Waals surface area contributed by atoms with Crippen molar-refractivity contribution in [1.82, 2.24) is 0 Å². The number of halogens is 1. The Kier molecular flexibility index (Phi) is 5.01. The van der Waals surface area contributed by atoms with Gasteiger partial charge in [0.2, 0.25) is 0 Å². The molecule has 7 heteroatoms. The summed E-state index contributed by atoms with van der Waals surface area (Å²) in [7, 11) is 0. The Balaban J connectivity index is 0.000000364. The Labute approximate surface area is 83.5 Å². The summed E-state index contributed by atoms with van der Waals surface area (Å²) in [6.45, 7) is 0. The number of hydrogen-bond donors (Lipinski definition) is 2. The van der Waals surface area contributed by atoms with Crippen LogP contribution in [0.15, 0.2) is 24.3 Å². The molecule has 14 heavy (non-hydrogen) atoms. The monoisotopic (exact) mass is 219 g/mol. The highest BCUT2D eigenvalue weighted by atomic mass is 35.5. The van der Waals surface area contributed by atoms with E-state index in [9.17, 15) is 4.79 Å². The standard InChI is InChI=1S/C7H5ClO2.HNO3/c8-6-3-1-2-5(4-6)7(9)10;2-1(3)4/h1-4H,(H,9,10);(H,2,3,4). The lowest BCUT2D eigenvalue weighted by atomic mass is 10.2. The Bertz CT molecular complexity index is 337. The quantitative estimate of drug-likeness (QED) is 0.553. The second-order valence-electron chi connectivity index (χ2n) is 2.05. The van der Waals surface area contributed by atoms with Gasteiger partial charge in [0.05, 0.1) is 5.56 Å². The number of aromatic carboxylic acids is 1.